The second-order valence-corrected chi connectivity index (χ2v) is 4.28. The van der Waals surface area contributed by atoms with Crippen molar-refractivity contribution in [3.8, 4) is 11.1 Å². The molecule has 2 aromatic carbocycles. The molecular weight excluding hydrogens is 200 g/mol. The minimum absolute atomic E-state index is 1.07. The van der Waals surface area contributed by atoms with Crippen LogP contribution in [0.3, 0.4) is 0 Å². The Kier molecular flexibility index (Phi) is 2.83. The van der Waals surface area contributed by atoms with Crippen molar-refractivity contribution in [2.75, 3.05) is 0 Å². The zero-order valence-corrected chi connectivity index (χ0v) is 9.88. The van der Waals surface area contributed by atoms with Gasteiger partial charge in [0.05, 0.1) is 0 Å². The molecule has 76 valence electrons. The first-order chi connectivity index (χ1) is 7.18. The highest BCUT2D eigenvalue weighted by atomic mass is 32.1. The van der Waals surface area contributed by atoms with E-state index >= 15 is 0 Å². The Morgan fingerprint density at radius 3 is 2.20 bits per heavy atom. The molecule has 15 heavy (non-hydrogen) atoms. The molecule has 0 spiro atoms. The maximum absolute atomic E-state index is 4.55. The summed E-state index contributed by atoms with van der Waals surface area (Å²) < 4.78 is 0. The Morgan fingerprint density at radius 2 is 1.53 bits per heavy atom. The molecule has 0 unspecified atom stereocenters. The Labute approximate surface area is 96.4 Å². The van der Waals surface area contributed by atoms with Crippen molar-refractivity contribution < 1.29 is 0 Å². The van der Waals surface area contributed by atoms with Gasteiger partial charge in [-0.2, -0.15) is 0 Å². The van der Waals surface area contributed by atoms with Crippen LogP contribution >= 0.6 is 12.6 Å². The van der Waals surface area contributed by atoms with E-state index < -0.39 is 0 Å². The molecule has 0 radical (unpaired) electrons. The number of hydrogen-bond acceptors (Lipinski definition) is 1. The maximum Gasteiger partial charge on any atom is 0.0148 e. The maximum atomic E-state index is 4.55. The molecule has 0 aliphatic carbocycles. The molecule has 0 aliphatic rings. The summed E-state index contributed by atoms with van der Waals surface area (Å²) in [5.74, 6) is 0. The van der Waals surface area contributed by atoms with E-state index in [0.29, 0.717) is 0 Å². The van der Waals surface area contributed by atoms with Gasteiger partial charge in [0.2, 0.25) is 0 Å². The van der Waals surface area contributed by atoms with Crippen LogP contribution < -0.4 is 0 Å². The zero-order valence-electron chi connectivity index (χ0n) is 8.99. The molecule has 0 atom stereocenters. The van der Waals surface area contributed by atoms with Crippen molar-refractivity contribution in [3.05, 3.63) is 53.6 Å². The van der Waals surface area contributed by atoms with Crippen LogP contribution in [0.4, 0.5) is 0 Å². The number of hydrogen-bond donors (Lipinski definition) is 1. The van der Waals surface area contributed by atoms with Crippen LogP contribution in [0, 0.1) is 13.8 Å². The van der Waals surface area contributed by atoms with Gasteiger partial charge in [0, 0.05) is 4.90 Å². The normalized spacial score (nSPS) is 10.3. The van der Waals surface area contributed by atoms with Gasteiger partial charge in [0.1, 0.15) is 0 Å². The summed E-state index contributed by atoms with van der Waals surface area (Å²) in [6.07, 6.45) is 0. The predicted octanol–water partition coefficient (Wildman–Crippen LogP) is 4.26. The number of aryl methyl sites for hydroxylation is 2. The third kappa shape index (κ3) is 2.07. The lowest BCUT2D eigenvalue weighted by atomic mass is 10.0. The van der Waals surface area contributed by atoms with Gasteiger partial charge in [-0.1, -0.05) is 48.0 Å². The third-order valence-electron chi connectivity index (χ3n) is 2.60. The van der Waals surface area contributed by atoms with Crippen molar-refractivity contribution >= 4 is 12.6 Å². The average Bonchev–Trinajstić information content (AvgIpc) is 2.24. The van der Waals surface area contributed by atoms with Gasteiger partial charge in [0.15, 0.2) is 0 Å². The summed E-state index contributed by atoms with van der Waals surface area (Å²) in [4.78, 5) is 1.07. The summed E-state index contributed by atoms with van der Waals surface area (Å²) in [6.45, 7) is 4.18. The van der Waals surface area contributed by atoms with Crippen molar-refractivity contribution in [2.45, 2.75) is 18.7 Å². The lowest BCUT2D eigenvalue weighted by Gasteiger charge is -2.07. The van der Waals surface area contributed by atoms with Crippen molar-refractivity contribution in [1.29, 1.82) is 0 Å². The van der Waals surface area contributed by atoms with Crippen LogP contribution in [0.5, 0.6) is 0 Å². The smallest absolute Gasteiger partial charge is 0.0148 e. The third-order valence-corrected chi connectivity index (χ3v) is 3.19. The van der Waals surface area contributed by atoms with Crippen LogP contribution in [0.2, 0.25) is 0 Å². The van der Waals surface area contributed by atoms with E-state index in [-0.39, 0.29) is 0 Å². The Hall–Kier alpha value is -1.21. The van der Waals surface area contributed by atoms with E-state index in [0.717, 1.165) is 4.90 Å². The molecule has 0 fully saturated rings. The first kappa shape index (κ1) is 10.3. The standard InChI is InChI=1S/C14H14S/c1-10-6-8-12(9-7-10)13-5-3-4-11(2)14(13)15/h3-9,15H,1-2H3. The summed E-state index contributed by atoms with van der Waals surface area (Å²) in [7, 11) is 0. The molecule has 1 heteroatoms. The Morgan fingerprint density at radius 1 is 0.867 bits per heavy atom. The van der Waals surface area contributed by atoms with Gasteiger partial charge < -0.3 is 0 Å². The molecule has 0 aromatic heterocycles. The van der Waals surface area contributed by atoms with Crippen molar-refractivity contribution in [2.24, 2.45) is 0 Å². The fourth-order valence-corrected chi connectivity index (χ4v) is 1.90. The lowest BCUT2D eigenvalue weighted by molar-refractivity contribution is 1.31. The second kappa shape index (κ2) is 4.11. The fourth-order valence-electron chi connectivity index (χ4n) is 1.63. The molecule has 0 bridgehead atoms. The van der Waals surface area contributed by atoms with Crippen LogP contribution in [0.1, 0.15) is 11.1 Å². The molecule has 0 nitrogen and oxygen atoms in total. The van der Waals surface area contributed by atoms with Gasteiger partial charge in [-0.05, 0) is 30.5 Å². The SMILES string of the molecule is Cc1ccc(-c2cccc(C)c2S)cc1. The summed E-state index contributed by atoms with van der Waals surface area (Å²) in [5, 5.41) is 0. The molecule has 0 N–H and O–H groups in total. The summed E-state index contributed by atoms with van der Waals surface area (Å²) >= 11 is 4.55. The molecule has 0 heterocycles. The summed E-state index contributed by atoms with van der Waals surface area (Å²) in [6, 6.07) is 14.8. The van der Waals surface area contributed by atoms with Crippen LogP contribution in [0.25, 0.3) is 11.1 Å². The largest absolute Gasteiger partial charge is 0.143 e. The topological polar surface area (TPSA) is 0 Å². The lowest BCUT2D eigenvalue weighted by Crippen LogP contribution is -1.83. The highest BCUT2D eigenvalue weighted by molar-refractivity contribution is 7.80. The fraction of sp³-hybridized carbons (Fsp3) is 0.143. The predicted molar refractivity (Wildman–Crippen MR) is 68.6 cm³/mol. The van der Waals surface area contributed by atoms with E-state index in [1.54, 1.807) is 0 Å². The number of thiol groups is 1. The molecule has 0 aliphatic heterocycles. The zero-order chi connectivity index (χ0) is 10.8. The van der Waals surface area contributed by atoms with Gasteiger partial charge >= 0.3 is 0 Å². The monoisotopic (exact) mass is 214 g/mol. The number of benzene rings is 2. The first-order valence-electron chi connectivity index (χ1n) is 5.04. The van der Waals surface area contributed by atoms with Crippen LogP contribution in [0.15, 0.2) is 47.4 Å². The molecule has 0 amide bonds. The highest BCUT2D eigenvalue weighted by Crippen LogP contribution is 2.28. The highest BCUT2D eigenvalue weighted by Gasteiger charge is 2.03. The first-order valence-corrected chi connectivity index (χ1v) is 5.49. The minimum Gasteiger partial charge on any atom is -0.143 e. The van der Waals surface area contributed by atoms with E-state index in [4.69, 9.17) is 0 Å². The van der Waals surface area contributed by atoms with E-state index in [2.05, 4.69) is 68.9 Å². The van der Waals surface area contributed by atoms with Gasteiger partial charge in [-0.25, -0.2) is 0 Å². The Bertz CT molecular complexity index is 469. The number of rotatable bonds is 1. The molecule has 0 saturated heterocycles. The summed E-state index contributed by atoms with van der Waals surface area (Å²) in [5.41, 5.74) is 4.94. The van der Waals surface area contributed by atoms with E-state index in [1.165, 1.54) is 22.3 Å². The molecule has 2 rings (SSSR count). The van der Waals surface area contributed by atoms with Crippen LogP contribution in [-0.4, -0.2) is 0 Å². The van der Waals surface area contributed by atoms with Gasteiger partial charge in [-0.15, -0.1) is 12.6 Å². The average molecular weight is 214 g/mol. The van der Waals surface area contributed by atoms with Gasteiger partial charge in [0.25, 0.3) is 0 Å². The second-order valence-electron chi connectivity index (χ2n) is 3.84. The molecular formula is C14H14S. The van der Waals surface area contributed by atoms with Crippen LogP contribution in [-0.2, 0) is 0 Å². The molecule has 0 saturated carbocycles. The van der Waals surface area contributed by atoms with Crippen molar-refractivity contribution in [1.82, 2.24) is 0 Å². The quantitative estimate of drug-likeness (QED) is 0.674. The molecule has 2 aromatic rings. The minimum atomic E-state index is 1.07. The van der Waals surface area contributed by atoms with E-state index in [1.807, 2.05) is 0 Å². The van der Waals surface area contributed by atoms with E-state index in [9.17, 15) is 0 Å². The van der Waals surface area contributed by atoms with Crippen molar-refractivity contribution in [3.63, 3.8) is 0 Å². The van der Waals surface area contributed by atoms with Gasteiger partial charge in [-0.3, -0.25) is 0 Å². The Balaban J connectivity index is 2.54.